The Bertz CT molecular complexity index is 384. The molecule has 0 spiro atoms. The van der Waals surface area contributed by atoms with Crippen molar-refractivity contribution in [3.05, 3.63) is 28.8 Å². The summed E-state index contributed by atoms with van der Waals surface area (Å²) in [6.07, 6.45) is 6.80. The second kappa shape index (κ2) is 6.44. The first-order valence-electron chi connectivity index (χ1n) is 6.74. The van der Waals surface area contributed by atoms with E-state index < -0.39 is 6.10 Å². The van der Waals surface area contributed by atoms with Crippen LogP contribution in [0.15, 0.2) is 18.2 Å². The maximum absolute atomic E-state index is 10.6. The first-order valence-corrected chi connectivity index (χ1v) is 7.11. The summed E-state index contributed by atoms with van der Waals surface area (Å²) in [7, 11) is 1.62. The number of aliphatic hydroxyl groups excluding tert-OH is 1. The number of benzene rings is 1. The van der Waals surface area contributed by atoms with Crippen LogP contribution in [0.2, 0.25) is 5.02 Å². The summed E-state index contributed by atoms with van der Waals surface area (Å²) in [6, 6.07) is 5.48. The fourth-order valence-electron chi connectivity index (χ4n) is 2.81. The van der Waals surface area contributed by atoms with E-state index in [1.165, 1.54) is 25.7 Å². The minimum Gasteiger partial charge on any atom is -0.496 e. The van der Waals surface area contributed by atoms with Crippen molar-refractivity contribution < 1.29 is 9.84 Å². The van der Waals surface area contributed by atoms with E-state index in [1.807, 2.05) is 12.1 Å². The van der Waals surface area contributed by atoms with Gasteiger partial charge in [-0.1, -0.05) is 43.4 Å². The largest absolute Gasteiger partial charge is 0.496 e. The van der Waals surface area contributed by atoms with Gasteiger partial charge in [0.25, 0.3) is 0 Å². The molecule has 1 fully saturated rings. The van der Waals surface area contributed by atoms with Crippen LogP contribution in [-0.2, 0) is 0 Å². The molecule has 0 amide bonds. The van der Waals surface area contributed by atoms with Gasteiger partial charge in [-0.25, -0.2) is 0 Å². The molecule has 18 heavy (non-hydrogen) atoms. The lowest BCUT2D eigenvalue weighted by Gasteiger charge is -2.23. The van der Waals surface area contributed by atoms with Gasteiger partial charge in [-0.05, 0) is 30.9 Å². The van der Waals surface area contributed by atoms with Gasteiger partial charge < -0.3 is 9.84 Å². The van der Waals surface area contributed by atoms with Gasteiger partial charge >= 0.3 is 0 Å². The molecule has 1 unspecified atom stereocenters. The second-order valence-corrected chi connectivity index (χ2v) is 5.52. The zero-order chi connectivity index (χ0) is 13.0. The molecule has 1 saturated carbocycles. The van der Waals surface area contributed by atoms with Gasteiger partial charge in [-0.2, -0.15) is 0 Å². The molecule has 0 radical (unpaired) electrons. The van der Waals surface area contributed by atoms with Crippen LogP contribution in [0.1, 0.15) is 50.2 Å². The van der Waals surface area contributed by atoms with Gasteiger partial charge in [0.15, 0.2) is 0 Å². The van der Waals surface area contributed by atoms with Crippen LogP contribution in [0.5, 0.6) is 5.75 Å². The van der Waals surface area contributed by atoms with Crippen molar-refractivity contribution in [1.29, 1.82) is 0 Å². The Kier molecular flexibility index (Phi) is 4.90. The van der Waals surface area contributed by atoms with Crippen molar-refractivity contribution in [2.24, 2.45) is 5.92 Å². The number of aliphatic hydroxyl groups is 1. The van der Waals surface area contributed by atoms with Gasteiger partial charge in [0.2, 0.25) is 0 Å². The smallest absolute Gasteiger partial charge is 0.126 e. The summed E-state index contributed by atoms with van der Waals surface area (Å²) in [6.45, 7) is 0. The van der Waals surface area contributed by atoms with Crippen LogP contribution in [-0.4, -0.2) is 12.2 Å². The molecule has 0 aliphatic heterocycles. The van der Waals surface area contributed by atoms with E-state index in [1.54, 1.807) is 13.2 Å². The van der Waals surface area contributed by atoms with Crippen LogP contribution < -0.4 is 4.74 Å². The van der Waals surface area contributed by atoms with E-state index in [0.717, 1.165) is 18.4 Å². The monoisotopic (exact) mass is 268 g/mol. The first kappa shape index (κ1) is 13.7. The molecule has 2 nitrogen and oxygen atoms in total. The van der Waals surface area contributed by atoms with Crippen LogP contribution >= 0.6 is 11.6 Å². The maximum atomic E-state index is 10.6. The normalized spacial score (nSPS) is 19.3. The summed E-state index contributed by atoms with van der Waals surface area (Å²) in [5.41, 5.74) is 0.869. The molecule has 3 heteroatoms. The van der Waals surface area contributed by atoms with Crippen LogP contribution in [0, 0.1) is 5.92 Å². The average molecular weight is 269 g/mol. The van der Waals surface area contributed by atoms with Crippen molar-refractivity contribution in [3.63, 3.8) is 0 Å². The van der Waals surface area contributed by atoms with Gasteiger partial charge in [0.1, 0.15) is 5.75 Å². The highest BCUT2D eigenvalue weighted by atomic mass is 35.5. The highest BCUT2D eigenvalue weighted by Gasteiger charge is 2.24. The summed E-state index contributed by atoms with van der Waals surface area (Å²) in [4.78, 5) is 0. The highest BCUT2D eigenvalue weighted by Crippen LogP contribution is 2.37. The Balaban J connectivity index is 2.18. The van der Waals surface area contributed by atoms with Crippen LogP contribution in [0.25, 0.3) is 0 Å². The number of halogens is 1. The molecule has 0 heterocycles. The van der Waals surface area contributed by atoms with Crippen molar-refractivity contribution in [1.82, 2.24) is 0 Å². The minimum atomic E-state index is -0.435. The molecule has 1 aliphatic rings. The zero-order valence-corrected chi connectivity index (χ0v) is 11.6. The second-order valence-electron chi connectivity index (χ2n) is 5.08. The Morgan fingerprint density at radius 3 is 2.50 bits per heavy atom. The third-order valence-electron chi connectivity index (χ3n) is 3.86. The Morgan fingerprint density at radius 1 is 1.22 bits per heavy atom. The molecule has 0 saturated heterocycles. The molecule has 0 bridgehead atoms. The Hall–Kier alpha value is -0.730. The molecule has 1 atom stereocenters. The number of methoxy groups -OCH3 is 1. The van der Waals surface area contributed by atoms with Gasteiger partial charge in [0, 0.05) is 10.6 Å². The highest BCUT2D eigenvalue weighted by molar-refractivity contribution is 6.30. The van der Waals surface area contributed by atoms with E-state index in [2.05, 4.69) is 0 Å². The van der Waals surface area contributed by atoms with Gasteiger partial charge in [0.05, 0.1) is 13.2 Å². The summed E-state index contributed by atoms with van der Waals surface area (Å²) < 4.78 is 5.32. The SMILES string of the molecule is COc1cc(Cl)ccc1C(O)C1CCCCCC1. The maximum Gasteiger partial charge on any atom is 0.126 e. The third kappa shape index (κ3) is 3.18. The van der Waals surface area contributed by atoms with E-state index in [4.69, 9.17) is 16.3 Å². The molecule has 1 aliphatic carbocycles. The predicted molar refractivity (Wildman–Crippen MR) is 74.2 cm³/mol. The molecule has 1 aromatic carbocycles. The standard InChI is InChI=1S/C15H21ClO2/c1-18-14-10-12(16)8-9-13(14)15(17)11-6-4-2-3-5-7-11/h8-11,15,17H,2-7H2,1H3. The molecule has 0 aromatic heterocycles. The van der Waals surface area contributed by atoms with E-state index in [9.17, 15) is 5.11 Å². The van der Waals surface area contributed by atoms with Gasteiger partial charge in [-0.15, -0.1) is 0 Å². The van der Waals surface area contributed by atoms with Crippen LogP contribution in [0.3, 0.4) is 0 Å². The van der Waals surface area contributed by atoms with E-state index in [0.29, 0.717) is 16.7 Å². The summed E-state index contributed by atoms with van der Waals surface area (Å²) in [5, 5.41) is 11.2. The molecular formula is C15H21ClO2. The number of rotatable bonds is 3. The van der Waals surface area contributed by atoms with Crippen molar-refractivity contribution in [2.45, 2.75) is 44.6 Å². The molecule has 1 aromatic rings. The topological polar surface area (TPSA) is 29.5 Å². The molecule has 1 N–H and O–H groups in total. The first-order chi connectivity index (χ1) is 8.72. The van der Waals surface area contributed by atoms with Crippen molar-refractivity contribution in [3.8, 4) is 5.75 Å². The fourth-order valence-corrected chi connectivity index (χ4v) is 2.97. The summed E-state index contributed by atoms with van der Waals surface area (Å²) in [5.74, 6) is 1.04. The lowest BCUT2D eigenvalue weighted by Crippen LogP contribution is -2.13. The zero-order valence-electron chi connectivity index (χ0n) is 10.9. The predicted octanol–water partition coefficient (Wildman–Crippen LogP) is 4.35. The minimum absolute atomic E-state index is 0.350. The number of hydrogen-bond acceptors (Lipinski definition) is 2. The average Bonchev–Trinajstić information content (AvgIpc) is 2.66. The fraction of sp³-hybridized carbons (Fsp3) is 0.600. The lowest BCUT2D eigenvalue weighted by atomic mass is 9.89. The van der Waals surface area contributed by atoms with Crippen molar-refractivity contribution in [2.75, 3.05) is 7.11 Å². The quantitative estimate of drug-likeness (QED) is 0.826. The Morgan fingerprint density at radius 2 is 1.89 bits per heavy atom. The third-order valence-corrected chi connectivity index (χ3v) is 4.10. The van der Waals surface area contributed by atoms with Gasteiger partial charge in [-0.3, -0.25) is 0 Å². The number of ether oxygens (including phenoxy) is 1. The Labute approximate surface area is 114 Å². The van der Waals surface area contributed by atoms with E-state index in [-0.39, 0.29) is 0 Å². The van der Waals surface area contributed by atoms with E-state index >= 15 is 0 Å². The number of hydrogen-bond donors (Lipinski definition) is 1. The molecular weight excluding hydrogens is 248 g/mol. The van der Waals surface area contributed by atoms with Crippen molar-refractivity contribution >= 4 is 11.6 Å². The molecule has 2 rings (SSSR count). The summed E-state index contributed by atoms with van der Waals surface area (Å²) >= 11 is 5.95. The molecule has 100 valence electrons. The lowest BCUT2D eigenvalue weighted by molar-refractivity contribution is 0.0961. The van der Waals surface area contributed by atoms with Crippen LogP contribution in [0.4, 0.5) is 0 Å².